The highest BCUT2D eigenvalue weighted by molar-refractivity contribution is 5.83. The zero-order valence-corrected chi connectivity index (χ0v) is 16.1. The number of H-pyrrole nitrogens is 1. The van der Waals surface area contributed by atoms with Gasteiger partial charge in [-0.05, 0) is 43.0 Å². The molecule has 1 aromatic heterocycles. The number of aryl methyl sites for hydroxylation is 2. The zero-order chi connectivity index (χ0) is 19.6. The summed E-state index contributed by atoms with van der Waals surface area (Å²) >= 11 is 0. The lowest BCUT2D eigenvalue weighted by Gasteiger charge is -2.22. The van der Waals surface area contributed by atoms with Crippen molar-refractivity contribution in [1.82, 2.24) is 9.88 Å². The first-order chi connectivity index (χ1) is 12.9. The van der Waals surface area contributed by atoms with Crippen LogP contribution in [0.1, 0.15) is 29.2 Å². The molecule has 0 aliphatic heterocycles. The Kier molecular flexibility index (Phi) is 5.31. The number of methoxy groups -OCH3 is 1. The minimum Gasteiger partial charge on any atom is -0.496 e. The van der Waals surface area contributed by atoms with E-state index in [0.29, 0.717) is 12.1 Å². The average Bonchev–Trinajstić information content (AvgIpc) is 2.62. The zero-order valence-electron chi connectivity index (χ0n) is 16.1. The van der Waals surface area contributed by atoms with Gasteiger partial charge < -0.3 is 14.6 Å². The molecular weight excluding hydrogens is 340 g/mol. The fraction of sp³-hybridized carbons (Fsp3) is 0.273. The summed E-state index contributed by atoms with van der Waals surface area (Å²) in [5.41, 5.74) is 4.31. The first kappa shape index (κ1) is 18.7. The van der Waals surface area contributed by atoms with Gasteiger partial charge in [-0.2, -0.15) is 0 Å². The maximum absolute atomic E-state index is 12.6. The van der Waals surface area contributed by atoms with Crippen molar-refractivity contribution in [3.05, 3.63) is 75.1 Å². The molecule has 5 heteroatoms. The SMILES string of the molecule is COc1ccccc1CN(Cc1cc2cc(C)cc(C)c2[nH]c1=O)C(C)=O. The summed E-state index contributed by atoms with van der Waals surface area (Å²) < 4.78 is 5.38. The van der Waals surface area contributed by atoms with Gasteiger partial charge in [-0.1, -0.05) is 29.8 Å². The molecule has 0 saturated carbocycles. The van der Waals surface area contributed by atoms with Crippen LogP contribution in [0.3, 0.4) is 0 Å². The molecule has 140 valence electrons. The number of pyridine rings is 1. The minimum absolute atomic E-state index is 0.0965. The van der Waals surface area contributed by atoms with Crippen LogP contribution < -0.4 is 10.3 Å². The van der Waals surface area contributed by atoms with Gasteiger partial charge in [-0.15, -0.1) is 0 Å². The van der Waals surface area contributed by atoms with Gasteiger partial charge in [-0.25, -0.2) is 0 Å². The van der Waals surface area contributed by atoms with E-state index < -0.39 is 0 Å². The highest BCUT2D eigenvalue weighted by atomic mass is 16.5. The van der Waals surface area contributed by atoms with Crippen LogP contribution in [0.25, 0.3) is 10.9 Å². The van der Waals surface area contributed by atoms with Crippen LogP contribution in [-0.2, 0) is 17.9 Å². The number of aromatic nitrogens is 1. The third kappa shape index (κ3) is 4.03. The number of nitrogens with one attached hydrogen (secondary N) is 1. The number of fused-ring (bicyclic) bond motifs is 1. The van der Waals surface area contributed by atoms with E-state index in [-0.39, 0.29) is 18.0 Å². The monoisotopic (exact) mass is 364 g/mol. The minimum atomic E-state index is -0.166. The summed E-state index contributed by atoms with van der Waals surface area (Å²) in [5.74, 6) is 0.628. The van der Waals surface area contributed by atoms with Crippen LogP contribution in [0.15, 0.2) is 47.3 Å². The molecular formula is C22H24N2O3. The number of rotatable bonds is 5. The second-order valence-electron chi connectivity index (χ2n) is 6.86. The van der Waals surface area contributed by atoms with Crippen molar-refractivity contribution in [2.24, 2.45) is 0 Å². The average molecular weight is 364 g/mol. The maximum atomic E-state index is 12.6. The fourth-order valence-electron chi connectivity index (χ4n) is 3.37. The molecule has 0 unspecified atom stereocenters. The van der Waals surface area contributed by atoms with Gasteiger partial charge >= 0.3 is 0 Å². The molecule has 0 aliphatic rings. The molecule has 0 bridgehead atoms. The van der Waals surface area contributed by atoms with E-state index in [2.05, 4.69) is 4.98 Å². The number of para-hydroxylation sites is 1. The van der Waals surface area contributed by atoms with Gasteiger partial charge in [0.15, 0.2) is 0 Å². The normalized spacial score (nSPS) is 10.8. The van der Waals surface area contributed by atoms with Crippen LogP contribution in [-0.4, -0.2) is 22.9 Å². The van der Waals surface area contributed by atoms with Gasteiger partial charge in [0, 0.05) is 24.6 Å². The van der Waals surface area contributed by atoms with E-state index in [1.54, 1.807) is 12.0 Å². The predicted molar refractivity (Wildman–Crippen MR) is 107 cm³/mol. The lowest BCUT2D eigenvalue weighted by atomic mass is 10.0. The second-order valence-corrected chi connectivity index (χ2v) is 6.86. The summed E-state index contributed by atoms with van der Waals surface area (Å²) in [4.78, 5) is 29.4. The van der Waals surface area contributed by atoms with E-state index >= 15 is 0 Å². The molecule has 5 nitrogen and oxygen atoms in total. The number of carbonyl (C=O) groups is 1. The lowest BCUT2D eigenvalue weighted by molar-refractivity contribution is -0.130. The number of hydrogen-bond donors (Lipinski definition) is 1. The summed E-state index contributed by atoms with van der Waals surface area (Å²) in [6.45, 7) is 6.14. The van der Waals surface area contributed by atoms with Crippen molar-refractivity contribution in [3.63, 3.8) is 0 Å². The van der Waals surface area contributed by atoms with Crippen LogP contribution in [0.4, 0.5) is 0 Å². The number of carbonyl (C=O) groups excluding carboxylic acids is 1. The van der Waals surface area contributed by atoms with E-state index in [1.165, 1.54) is 6.92 Å². The van der Waals surface area contributed by atoms with Gasteiger partial charge in [0.2, 0.25) is 5.91 Å². The van der Waals surface area contributed by atoms with E-state index in [0.717, 1.165) is 33.3 Å². The molecule has 3 aromatic rings. The molecule has 1 amide bonds. The first-order valence-electron chi connectivity index (χ1n) is 8.89. The van der Waals surface area contributed by atoms with Crippen molar-refractivity contribution < 1.29 is 9.53 Å². The van der Waals surface area contributed by atoms with E-state index in [9.17, 15) is 9.59 Å². The molecule has 1 heterocycles. The maximum Gasteiger partial charge on any atom is 0.253 e. The van der Waals surface area contributed by atoms with Crippen LogP contribution in [0.5, 0.6) is 5.75 Å². The molecule has 0 fully saturated rings. The lowest BCUT2D eigenvalue weighted by Crippen LogP contribution is -2.30. The van der Waals surface area contributed by atoms with Gasteiger partial charge in [0.1, 0.15) is 5.75 Å². The Morgan fingerprint density at radius 3 is 2.48 bits per heavy atom. The highest BCUT2D eigenvalue weighted by Crippen LogP contribution is 2.22. The summed E-state index contributed by atoms with van der Waals surface area (Å²) in [6, 6.07) is 13.5. The number of ether oxygens (including phenoxy) is 1. The summed E-state index contributed by atoms with van der Waals surface area (Å²) in [5, 5.41) is 0.975. The predicted octanol–water partition coefficient (Wildman–Crippen LogP) is 3.70. The first-order valence-corrected chi connectivity index (χ1v) is 8.89. The Balaban J connectivity index is 1.96. The van der Waals surface area contributed by atoms with Crippen molar-refractivity contribution in [3.8, 4) is 5.75 Å². The van der Waals surface area contributed by atoms with Gasteiger partial charge in [0.25, 0.3) is 5.56 Å². The number of hydrogen-bond acceptors (Lipinski definition) is 3. The van der Waals surface area contributed by atoms with Crippen molar-refractivity contribution in [2.45, 2.75) is 33.9 Å². The second kappa shape index (κ2) is 7.66. The van der Waals surface area contributed by atoms with Crippen LogP contribution >= 0.6 is 0 Å². The van der Waals surface area contributed by atoms with Gasteiger partial charge in [-0.3, -0.25) is 9.59 Å². The molecule has 0 radical (unpaired) electrons. The molecule has 1 N–H and O–H groups in total. The third-order valence-corrected chi connectivity index (χ3v) is 4.73. The standard InChI is InChI=1S/C22H24N2O3/c1-14-9-15(2)21-18(10-14)11-19(22(26)23-21)13-24(16(3)25)12-17-7-5-6-8-20(17)27-4/h5-11H,12-13H2,1-4H3,(H,23,26). The number of nitrogens with zero attached hydrogens (tertiary/aromatic N) is 1. The Hall–Kier alpha value is -3.08. The van der Waals surface area contributed by atoms with E-state index in [4.69, 9.17) is 4.74 Å². The Bertz CT molecular complexity index is 1050. The van der Waals surface area contributed by atoms with E-state index in [1.807, 2.05) is 56.3 Å². The fourth-order valence-corrected chi connectivity index (χ4v) is 3.37. The van der Waals surface area contributed by atoms with Crippen molar-refractivity contribution >= 4 is 16.8 Å². The molecule has 0 aliphatic carbocycles. The Labute approximate surface area is 158 Å². The topological polar surface area (TPSA) is 62.4 Å². The largest absolute Gasteiger partial charge is 0.496 e. The molecule has 0 spiro atoms. The van der Waals surface area contributed by atoms with Gasteiger partial charge in [0.05, 0.1) is 19.2 Å². The number of amides is 1. The third-order valence-electron chi connectivity index (χ3n) is 4.73. The molecule has 27 heavy (non-hydrogen) atoms. The van der Waals surface area contributed by atoms with Crippen molar-refractivity contribution in [2.75, 3.05) is 7.11 Å². The van der Waals surface area contributed by atoms with Crippen LogP contribution in [0.2, 0.25) is 0 Å². The molecule has 2 aromatic carbocycles. The molecule has 0 atom stereocenters. The number of benzene rings is 2. The molecule has 3 rings (SSSR count). The highest BCUT2D eigenvalue weighted by Gasteiger charge is 2.15. The Morgan fingerprint density at radius 2 is 1.78 bits per heavy atom. The van der Waals surface area contributed by atoms with Crippen LogP contribution in [0, 0.1) is 13.8 Å². The quantitative estimate of drug-likeness (QED) is 0.751. The summed E-state index contributed by atoms with van der Waals surface area (Å²) in [6.07, 6.45) is 0. The smallest absolute Gasteiger partial charge is 0.253 e. The Morgan fingerprint density at radius 1 is 1.07 bits per heavy atom. The molecule has 0 saturated heterocycles. The number of aromatic amines is 1. The summed E-state index contributed by atoms with van der Waals surface area (Å²) in [7, 11) is 1.61. The van der Waals surface area contributed by atoms with Crippen molar-refractivity contribution in [1.29, 1.82) is 0 Å².